The molecule has 0 aliphatic carbocycles. The Labute approximate surface area is 174 Å². The van der Waals surface area contributed by atoms with E-state index in [2.05, 4.69) is 10.0 Å². The number of nitrogens with one attached hydrogen (secondary N) is 2. The minimum absolute atomic E-state index is 0.0456. The first kappa shape index (κ1) is 22.9. The fraction of sp³-hybridized carbons (Fsp3) is 0.250. The number of aromatic hydroxyl groups is 1. The average Bonchev–Trinajstić information content (AvgIpc) is 2.64. The number of sulfonamides is 1. The van der Waals surface area contributed by atoms with Crippen LogP contribution in [0.25, 0.3) is 0 Å². The zero-order valence-electron chi connectivity index (χ0n) is 16.6. The summed E-state index contributed by atoms with van der Waals surface area (Å²) in [5.74, 6) is -3.41. The molecule has 2 aromatic rings. The lowest BCUT2D eigenvalue weighted by Crippen LogP contribution is -2.22. The molecular weight excluding hydrogens is 412 g/mol. The van der Waals surface area contributed by atoms with Gasteiger partial charge in [0.05, 0.1) is 11.5 Å². The van der Waals surface area contributed by atoms with Gasteiger partial charge in [0.15, 0.2) is 0 Å². The van der Waals surface area contributed by atoms with Gasteiger partial charge >= 0.3 is 5.97 Å². The maximum absolute atomic E-state index is 12.7. The Morgan fingerprint density at radius 3 is 2.17 bits per heavy atom. The molecule has 0 spiro atoms. The van der Waals surface area contributed by atoms with E-state index in [0.717, 1.165) is 0 Å². The highest BCUT2D eigenvalue weighted by molar-refractivity contribution is 7.92. The Bertz CT molecular complexity index is 1060. The van der Waals surface area contributed by atoms with Crippen LogP contribution < -0.4 is 10.0 Å². The number of benzene rings is 2. The van der Waals surface area contributed by atoms with Gasteiger partial charge in [-0.1, -0.05) is 0 Å². The predicted octanol–water partition coefficient (Wildman–Crippen LogP) is 2.39. The van der Waals surface area contributed by atoms with Crippen LogP contribution in [0.5, 0.6) is 5.75 Å². The molecule has 0 fully saturated rings. The first-order valence-corrected chi connectivity index (χ1v) is 10.4. The fourth-order valence-corrected chi connectivity index (χ4v) is 3.77. The van der Waals surface area contributed by atoms with Crippen LogP contribution in [-0.2, 0) is 29.1 Å². The normalized spacial score (nSPS) is 12.0. The van der Waals surface area contributed by atoms with Crippen LogP contribution in [0.2, 0.25) is 0 Å². The second-order valence-corrected chi connectivity index (χ2v) is 8.06. The first-order chi connectivity index (χ1) is 14.0. The van der Waals surface area contributed by atoms with Crippen molar-refractivity contribution in [1.82, 2.24) is 0 Å². The van der Waals surface area contributed by atoms with E-state index in [1.807, 2.05) is 0 Å². The molecule has 10 heteroatoms. The third kappa shape index (κ3) is 5.57. The molecule has 0 saturated heterocycles. The second kappa shape index (κ2) is 9.40. The molecule has 2 rings (SSSR count). The van der Waals surface area contributed by atoms with Gasteiger partial charge in [0.25, 0.3) is 10.0 Å². The van der Waals surface area contributed by atoms with E-state index in [4.69, 9.17) is 4.74 Å². The van der Waals surface area contributed by atoms with Gasteiger partial charge in [-0.2, -0.15) is 0 Å². The molecule has 1 atom stereocenters. The highest BCUT2D eigenvalue weighted by Crippen LogP contribution is 2.31. The Kier molecular flexibility index (Phi) is 7.17. The van der Waals surface area contributed by atoms with Crippen LogP contribution in [0.3, 0.4) is 0 Å². The number of phenols is 1. The minimum Gasteiger partial charge on any atom is -0.508 e. The number of carbonyl (C=O) groups excluding carboxylic acids is 3. The quantitative estimate of drug-likeness (QED) is 0.329. The predicted molar refractivity (Wildman–Crippen MR) is 110 cm³/mol. The highest BCUT2D eigenvalue weighted by atomic mass is 32.2. The SMILES string of the molecule is CCOC(=O)[C@@H](C(C)=O)c1cc(NS(=O)(=O)c2ccc(NC(C)=O)cc2)ccc1O. The summed E-state index contributed by atoms with van der Waals surface area (Å²) in [7, 11) is -4.01. The number of carbonyl (C=O) groups is 3. The van der Waals surface area contributed by atoms with Crippen molar-refractivity contribution in [3.63, 3.8) is 0 Å². The summed E-state index contributed by atoms with van der Waals surface area (Å²) in [6.07, 6.45) is 0. The molecule has 0 saturated carbocycles. The van der Waals surface area contributed by atoms with E-state index in [9.17, 15) is 27.9 Å². The lowest BCUT2D eigenvalue weighted by Gasteiger charge is -2.16. The zero-order valence-corrected chi connectivity index (χ0v) is 17.4. The van der Waals surface area contributed by atoms with Crippen molar-refractivity contribution in [1.29, 1.82) is 0 Å². The second-order valence-electron chi connectivity index (χ2n) is 6.38. The summed E-state index contributed by atoms with van der Waals surface area (Å²) in [5, 5.41) is 12.7. The van der Waals surface area contributed by atoms with E-state index in [1.165, 1.54) is 56.3 Å². The van der Waals surface area contributed by atoms with Gasteiger partial charge in [-0.3, -0.25) is 19.1 Å². The van der Waals surface area contributed by atoms with Crippen molar-refractivity contribution in [3.05, 3.63) is 48.0 Å². The number of rotatable bonds is 8. The number of ether oxygens (including phenoxy) is 1. The van der Waals surface area contributed by atoms with Crippen LogP contribution in [-0.4, -0.2) is 37.8 Å². The molecule has 0 radical (unpaired) electrons. The van der Waals surface area contributed by atoms with Crippen molar-refractivity contribution in [2.75, 3.05) is 16.6 Å². The minimum atomic E-state index is -4.01. The van der Waals surface area contributed by atoms with Crippen molar-refractivity contribution in [3.8, 4) is 5.75 Å². The van der Waals surface area contributed by atoms with Gasteiger partial charge in [-0.25, -0.2) is 8.42 Å². The topological polar surface area (TPSA) is 139 Å². The third-order valence-electron chi connectivity index (χ3n) is 4.00. The number of phenolic OH excluding ortho intramolecular Hbond substituents is 1. The zero-order chi connectivity index (χ0) is 22.5. The molecule has 30 heavy (non-hydrogen) atoms. The molecule has 0 heterocycles. The van der Waals surface area contributed by atoms with E-state index >= 15 is 0 Å². The summed E-state index contributed by atoms with van der Waals surface area (Å²) in [6.45, 7) is 4.13. The van der Waals surface area contributed by atoms with Crippen molar-refractivity contribution < 1.29 is 32.6 Å². The number of anilines is 2. The number of amides is 1. The Morgan fingerprint density at radius 2 is 1.63 bits per heavy atom. The van der Waals surface area contributed by atoms with E-state index < -0.39 is 27.7 Å². The largest absolute Gasteiger partial charge is 0.508 e. The lowest BCUT2D eigenvalue weighted by molar-refractivity contribution is -0.147. The summed E-state index contributed by atoms with van der Waals surface area (Å²) >= 11 is 0. The summed E-state index contributed by atoms with van der Waals surface area (Å²) in [6, 6.07) is 9.18. The smallest absolute Gasteiger partial charge is 0.321 e. The average molecular weight is 434 g/mol. The van der Waals surface area contributed by atoms with E-state index in [1.54, 1.807) is 6.92 Å². The van der Waals surface area contributed by atoms with Crippen LogP contribution in [0, 0.1) is 0 Å². The van der Waals surface area contributed by atoms with Crippen LogP contribution in [0.4, 0.5) is 11.4 Å². The van der Waals surface area contributed by atoms with Gasteiger partial charge in [-0.15, -0.1) is 0 Å². The van der Waals surface area contributed by atoms with Gasteiger partial charge in [0, 0.05) is 23.9 Å². The molecule has 2 aromatic carbocycles. The number of hydrogen-bond acceptors (Lipinski definition) is 7. The van der Waals surface area contributed by atoms with Gasteiger partial charge in [-0.05, 0) is 56.3 Å². The van der Waals surface area contributed by atoms with Gasteiger partial charge < -0.3 is 15.2 Å². The van der Waals surface area contributed by atoms with E-state index in [-0.39, 0.29) is 34.4 Å². The van der Waals surface area contributed by atoms with E-state index in [0.29, 0.717) is 5.69 Å². The summed E-state index contributed by atoms with van der Waals surface area (Å²) < 4.78 is 32.5. The monoisotopic (exact) mass is 434 g/mol. The lowest BCUT2D eigenvalue weighted by atomic mass is 9.94. The molecule has 1 amide bonds. The summed E-state index contributed by atoms with van der Waals surface area (Å²) in [5.41, 5.74) is 0.415. The Morgan fingerprint density at radius 1 is 1.03 bits per heavy atom. The molecular formula is C20H22N2O7S. The molecule has 0 aromatic heterocycles. The number of ketones is 1. The standard InChI is InChI=1S/C20H22N2O7S/c1-4-29-20(26)19(12(2)23)17-11-15(7-10-18(17)25)22-30(27,28)16-8-5-14(6-9-16)21-13(3)24/h5-11,19,22,25H,4H2,1-3H3,(H,21,24)/t19-/m0/s1. The van der Waals surface area contributed by atoms with Crippen molar-refractivity contribution in [2.45, 2.75) is 31.6 Å². The molecule has 9 nitrogen and oxygen atoms in total. The molecule has 3 N–H and O–H groups in total. The molecule has 0 aliphatic heterocycles. The molecule has 0 unspecified atom stereocenters. The maximum atomic E-state index is 12.7. The molecule has 0 bridgehead atoms. The highest BCUT2D eigenvalue weighted by Gasteiger charge is 2.30. The van der Waals surface area contributed by atoms with Gasteiger partial charge in [0.1, 0.15) is 17.5 Å². The molecule has 0 aliphatic rings. The van der Waals surface area contributed by atoms with Gasteiger partial charge in [0.2, 0.25) is 5.91 Å². The van der Waals surface area contributed by atoms with Crippen LogP contribution in [0.1, 0.15) is 32.3 Å². The third-order valence-corrected chi connectivity index (χ3v) is 5.40. The Balaban J connectivity index is 2.34. The number of Topliss-reactive ketones (excluding diaryl/α,β-unsaturated/α-hetero) is 1. The fourth-order valence-electron chi connectivity index (χ4n) is 2.72. The first-order valence-electron chi connectivity index (χ1n) is 8.95. The number of esters is 1. The number of hydrogen-bond donors (Lipinski definition) is 3. The van der Waals surface area contributed by atoms with Crippen molar-refractivity contribution in [2.24, 2.45) is 0 Å². The van der Waals surface area contributed by atoms with Crippen LogP contribution in [0.15, 0.2) is 47.4 Å². The maximum Gasteiger partial charge on any atom is 0.321 e. The summed E-state index contributed by atoms with van der Waals surface area (Å²) in [4.78, 5) is 35.1. The van der Waals surface area contributed by atoms with Crippen LogP contribution >= 0.6 is 0 Å². The molecule has 160 valence electrons. The Hall–Kier alpha value is -3.40. The van der Waals surface area contributed by atoms with Crippen molar-refractivity contribution >= 4 is 39.1 Å².